The van der Waals surface area contributed by atoms with Crippen LogP contribution in [0.4, 0.5) is 4.39 Å². The maximum absolute atomic E-state index is 13.2. The van der Waals surface area contributed by atoms with Crippen LogP contribution in [0.25, 0.3) is 0 Å². The number of piperazine rings is 1. The summed E-state index contributed by atoms with van der Waals surface area (Å²) in [6.45, 7) is 5.70. The molecular formula is C19H26FN3O2. The summed E-state index contributed by atoms with van der Waals surface area (Å²) in [6.07, 6.45) is 2.55. The summed E-state index contributed by atoms with van der Waals surface area (Å²) in [7, 11) is 0. The van der Waals surface area contributed by atoms with Crippen LogP contribution in [0.3, 0.4) is 0 Å². The van der Waals surface area contributed by atoms with Gasteiger partial charge in [-0.3, -0.25) is 14.5 Å². The van der Waals surface area contributed by atoms with Crippen LogP contribution in [0.15, 0.2) is 24.3 Å². The molecule has 2 amide bonds. The second-order valence-electron chi connectivity index (χ2n) is 7.09. The van der Waals surface area contributed by atoms with E-state index in [0.717, 1.165) is 31.5 Å². The minimum absolute atomic E-state index is 0.0860. The molecule has 25 heavy (non-hydrogen) atoms. The molecule has 2 heterocycles. The van der Waals surface area contributed by atoms with Crippen LogP contribution in [0.1, 0.15) is 37.8 Å². The van der Waals surface area contributed by atoms with Gasteiger partial charge in [0.05, 0.1) is 0 Å². The number of carbonyl (C=O) groups excluding carboxylic acids is 2. The molecule has 0 spiro atoms. The summed E-state index contributed by atoms with van der Waals surface area (Å²) in [6, 6.07) is 5.58. The maximum Gasteiger partial charge on any atom is 0.242 e. The molecule has 2 saturated heterocycles. The number of carbonyl (C=O) groups is 2. The second kappa shape index (κ2) is 7.95. The minimum atomic E-state index is -0.455. The lowest BCUT2D eigenvalue weighted by atomic mass is 9.99. The highest BCUT2D eigenvalue weighted by atomic mass is 19.1. The molecule has 0 saturated carbocycles. The van der Waals surface area contributed by atoms with Crippen LogP contribution < -0.4 is 5.32 Å². The van der Waals surface area contributed by atoms with E-state index < -0.39 is 6.04 Å². The first-order chi connectivity index (χ1) is 12.0. The predicted molar refractivity (Wildman–Crippen MR) is 93.3 cm³/mol. The fraction of sp³-hybridized carbons (Fsp3) is 0.579. The van der Waals surface area contributed by atoms with E-state index in [1.54, 1.807) is 12.1 Å². The monoisotopic (exact) mass is 347 g/mol. The van der Waals surface area contributed by atoms with E-state index in [2.05, 4.69) is 12.2 Å². The average Bonchev–Trinajstić information content (AvgIpc) is 2.61. The third-order valence-corrected chi connectivity index (χ3v) is 5.25. The predicted octanol–water partition coefficient (Wildman–Crippen LogP) is 1.95. The van der Waals surface area contributed by atoms with E-state index >= 15 is 0 Å². The molecule has 1 aromatic carbocycles. The summed E-state index contributed by atoms with van der Waals surface area (Å²) < 4.78 is 13.2. The van der Waals surface area contributed by atoms with E-state index in [1.807, 2.05) is 9.80 Å². The number of piperidine rings is 1. The molecule has 1 atom stereocenters. The van der Waals surface area contributed by atoms with Gasteiger partial charge in [0.25, 0.3) is 0 Å². The van der Waals surface area contributed by atoms with Crippen molar-refractivity contribution in [1.29, 1.82) is 0 Å². The molecule has 5 nitrogen and oxygen atoms in total. The third-order valence-electron chi connectivity index (χ3n) is 5.25. The van der Waals surface area contributed by atoms with Crippen molar-refractivity contribution in [1.82, 2.24) is 15.1 Å². The Morgan fingerprint density at radius 3 is 2.56 bits per heavy atom. The van der Waals surface area contributed by atoms with Crippen LogP contribution >= 0.6 is 0 Å². The van der Waals surface area contributed by atoms with Crippen molar-refractivity contribution < 1.29 is 14.0 Å². The van der Waals surface area contributed by atoms with E-state index in [9.17, 15) is 14.0 Å². The van der Waals surface area contributed by atoms with Crippen molar-refractivity contribution in [3.05, 3.63) is 35.6 Å². The highest BCUT2D eigenvalue weighted by Crippen LogP contribution is 2.24. The summed E-state index contributed by atoms with van der Waals surface area (Å²) >= 11 is 0. The van der Waals surface area contributed by atoms with Crippen LogP contribution in [0.5, 0.6) is 0 Å². The number of nitrogens with one attached hydrogen (secondary N) is 1. The van der Waals surface area contributed by atoms with Gasteiger partial charge in [-0.2, -0.15) is 0 Å². The molecule has 2 aliphatic rings. The SMILES string of the molecule is CC1CCN(C(=O)CCN2CCNC(=O)[C@H]2c2ccc(F)cc2)CC1. The van der Waals surface area contributed by atoms with Crippen LogP contribution in [-0.2, 0) is 9.59 Å². The Kier molecular flexibility index (Phi) is 5.68. The number of likely N-dealkylation sites (tertiary alicyclic amines) is 1. The van der Waals surface area contributed by atoms with E-state index in [-0.39, 0.29) is 17.6 Å². The molecule has 136 valence electrons. The third kappa shape index (κ3) is 4.37. The van der Waals surface area contributed by atoms with Crippen LogP contribution in [0, 0.1) is 11.7 Å². The quantitative estimate of drug-likeness (QED) is 0.906. The van der Waals surface area contributed by atoms with Gasteiger partial charge in [-0.25, -0.2) is 4.39 Å². The summed E-state index contributed by atoms with van der Waals surface area (Å²) in [4.78, 5) is 28.8. The first kappa shape index (κ1) is 17.9. The lowest BCUT2D eigenvalue weighted by molar-refractivity contribution is -0.135. The molecule has 0 aromatic heterocycles. The molecule has 0 aliphatic carbocycles. The van der Waals surface area contributed by atoms with Crippen molar-refractivity contribution in [2.24, 2.45) is 5.92 Å². The number of hydrogen-bond donors (Lipinski definition) is 1. The molecule has 0 unspecified atom stereocenters. The van der Waals surface area contributed by atoms with Crippen molar-refractivity contribution in [3.8, 4) is 0 Å². The zero-order valence-electron chi connectivity index (χ0n) is 14.7. The smallest absolute Gasteiger partial charge is 0.242 e. The minimum Gasteiger partial charge on any atom is -0.353 e. The molecule has 0 radical (unpaired) electrons. The molecule has 1 N–H and O–H groups in total. The largest absolute Gasteiger partial charge is 0.353 e. The average molecular weight is 347 g/mol. The Balaban J connectivity index is 1.62. The number of rotatable bonds is 4. The Hall–Kier alpha value is -1.95. The first-order valence-corrected chi connectivity index (χ1v) is 9.09. The van der Waals surface area contributed by atoms with Gasteiger partial charge in [0.15, 0.2) is 0 Å². The number of amides is 2. The van der Waals surface area contributed by atoms with Gasteiger partial charge in [-0.1, -0.05) is 19.1 Å². The van der Waals surface area contributed by atoms with Gasteiger partial charge in [-0.05, 0) is 36.5 Å². The standard InChI is InChI=1S/C19H26FN3O2/c1-14-6-10-22(11-7-14)17(24)8-12-23-13-9-21-19(25)18(23)15-2-4-16(20)5-3-15/h2-5,14,18H,6-13H2,1H3,(H,21,25)/t18-/m1/s1. The Morgan fingerprint density at radius 2 is 1.88 bits per heavy atom. The van der Waals surface area contributed by atoms with Crippen molar-refractivity contribution in [2.45, 2.75) is 32.2 Å². The lowest BCUT2D eigenvalue weighted by Crippen LogP contribution is -2.51. The van der Waals surface area contributed by atoms with Crippen molar-refractivity contribution in [3.63, 3.8) is 0 Å². The van der Waals surface area contributed by atoms with Gasteiger partial charge < -0.3 is 10.2 Å². The van der Waals surface area contributed by atoms with Gasteiger partial charge in [0.1, 0.15) is 11.9 Å². The lowest BCUT2D eigenvalue weighted by Gasteiger charge is -2.36. The van der Waals surface area contributed by atoms with E-state index in [1.165, 1.54) is 12.1 Å². The fourth-order valence-corrected chi connectivity index (χ4v) is 3.62. The molecule has 2 aliphatic heterocycles. The number of halogens is 1. The Bertz CT molecular complexity index is 612. The highest BCUT2D eigenvalue weighted by molar-refractivity contribution is 5.84. The zero-order valence-corrected chi connectivity index (χ0v) is 14.7. The van der Waals surface area contributed by atoms with Gasteiger partial charge >= 0.3 is 0 Å². The summed E-state index contributed by atoms with van der Waals surface area (Å²) in [5.74, 6) is 0.451. The highest BCUT2D eigenvalue weighted by Gasteiger charge is 2.31. The van der Waals surface area contributed by atoms with Crippen molar-refractivity contribution in [2.75, 3.05) is 32.7 Å². The number of nitrogens with zero attached hydrogens (tertiary/aromatic N) is 2. The molecule has 1 aromatic rings. The number of hydrogen-bond acceptors (Lipinski definition) is 3. The topological polar surface area (TPSA) is 52.7 Å². The fourth-order valence-electron chi connectivity index (χ4n) is 3.62. The van der Waals surface area contributed by atoms with Gasteiger partial charge in [0.2, 0.25) is 11.8 Å². The molecule has 0 bridgehead atoms. The molecule has 6 heteroatoms. The van der Waals surface area contributed by atoms with Crippen molar-refractivity contribution >= 4 is 11.8 Å². The summed E-state index contributed by atoms with van der Waals surface area (Å²) in [5, 5.41) is 2.86. The Morgan fingerprint density at radius 1 is 1.20 bits per heavy atom. The van der Waals surface area contributed by atoms with Crippen LogP contribution in [-0.4, -0.2) is 54.3 Å². The van der Waals surface area contributed by atoms with Gasteiger partial charge in [0, 0.05) is 39.1 Å². The molecular weight excluding hydrogens is 321 g/mol. The maximum atomic E-state index is 13.2. The van der Waals surface area contributed by atoms with Gasteiger partial charge in [-0.15, -0.1) is 0 Å². The van der Waals surface area contributed by atoms with Crippen LogP contribution in [0.2, 0.25) is 0 Å². The second-order valence-corrected chi connectivity index (χ2v) is 7.09. The molecule has 3 rings (SSSR count). The number of benzene rings is 1. The summed E-state index contributed by atoms with van der Waals surface area (Å²) in [5.41, 5.74) is 0.762. The Labute approximate surface area is 148 Å². The first-order valence-electron chi connectivity index (χ1n) is 9.09. The normalized spacial score (nSPS) is 22.7. The zero-order chi connectivity index (χ0) is 17.8. The molecule has 2 fully saturated rings. The van der Waals surface area contributed by atoms with E-state index in [0.29, 0.717) is 32.0 Å². The van der Waals surface area contributed by atoms with E-state index in [4.69, 9.17) is 0 Å².